The first-order chi connectivity index (χ1) is 8.97. The molecule has 0 fully saturated rings. The fraction of sp³-hybridized carbons (Fsp3) is 0.417. The summed E-state index contributed by atoms with van der Waals surface area (Å²) in [6.45, 7) is 1.29. The van der Waals surface area contributed by atoms with Crippen molar-refractivity contribution in [1.29, 1.82) is 0 Å². The Morgan fingerprint density at radius 2 is 2.16 bits per heavy atom. The molecule has 6 nitrogen and oxygen atoms in total. The van der Waals surface area contributed by atoms with Crippen molar-refractivity contribution in [1.82, 2.24) is 10.3 Å². The summed E-state index contributed by atoms with van der Waals surface area (Å²) in [5.41, 5.74) is 0.888. The van der Waals surface area contributed by atoms with E-state index in [-0.39, 0.29) is 10.7 Å². The summed E-state index contributed by atoms with van der Waals surface area (Å²) in [5, 5.41) is 20.0. The smallest absolute Gasteiger partial charge is 0.328 e. The van der Waals surface area contributed by atoms with Gasteiger partial charge in [0.1, 0.15) is 5.15 Å². The van der Waals surface area contributed by atoms with Gasteiger partial charge in [0.2, 0.25) is 0 Å². The van der Waals surface area contributed by atoms with E-state index < -0.39 is 24.5 Å². The van der Waals surface area contributed by atoms with Gasteiger partial charge >= 0.3 is 5.97 Å². The van der Waals surface area contributed by atoms with Crippen molar-refractivity contribution in [2.24, 2.45) is 0 Å². The van der Waals surface area contributed by atoms with Gasteiger partial charge in [-0.1, -0.05) is 24.9 Å². The third-order valence-electron chi connectivity index (χ3n) is 2.40. The second kappa shape index (κ2) is 7.06. The van der Waals surface area contributed by atoms with Crippen LogP contribution in [0.5, 0.6) is 0 Å². The number of nitrogens with zero attached hydrogens (tertiary/aromatic N) is 1. The maximum absolute atomic E-state index is 11.9. The van der Waals surface area contributed by atoms with E-state index >= 15 is 0 Å². The predicted octanol–water partition coefficient (Wildman–Crippen LogP) is 0.863. The maximum Gasteiger partial charge on any atom is 0.328 e. The molecule has 104 valence electrons. The van der Waals surface area contributed by atoms with Crippen LogP contribution in [0, 0.1) is 0 Å². The van der Waals surface area contributed by atoms with Crippen LogP contribution in [0.25, 0.3) is 0 Å². The van der Waals surface area contributed by atoms with E-state index in [1.165, 1.54) is 6.07 Å². The molecule has 1 aromatic rings. The summed E-state index contributed by atoms with van der Waals surface area (Å²) < 4.78 is 0. The van der Waals surface area contributed by atoms with Crippen LogP contribution in [-0.4, -0.2) is 39.7 Å². The Bertz CT molecular complexity index is 479. The number of aliphatic hydroxyl groups is 1. The van der Waals surface area contributed by atoms with E-state index in [4.69, 9.17) is 21.8 Å². The monoisotopic (exact) mass is 286 g/mol. The average molecular weight is 287 g/mol. The van der Waals surface area contributed by atoms with Gasteiger partial charge in [0.05, 0.1) is 6.61 Å². The van der Waals surface area contributed by atoms with Crippen molar-refractivity contribution in [3.63, 3.8) is 0 Å². The molecule has 0 saturated carbocycles. The molecule has 7 heteroatoms. The molecule has 0 aliphatic heterocycles. The Balaban J connectivity index is 2.89. The molecule has 3 N–H and O–H groups in total. The maximum atomic E-state index is 11.9. The molecule has 0 unspecified atom stereocenters. The minimum Gasteiger partial charge on any atom is -0.480 e. The SMILES string of the molecule is CCCc1cc(C(=O)N[C@@H](CO)C(=O)O)cc(Cl)n1. The first-order valence-corrected chi connectivity index (χ1v) is 6.16. The number of carbonyl (C=O) groups excluding carboxylic acids is 1. The lowest BCUT2D eigenvalue weighted by Crippen LogP contribution is -2.43. The molecule has 0 aliphatic rings. The number of aromatic nitrogens is 1. The van der Waals surface area contributed by atoms with Gasteiger partial charge in [0.25, 0.3) is 5.91 Å². The Morgan fingerprint density at radius 1 is 1.47 bits per heavy atom. The number of nitrogens with one attached hydrogen (secondary N) is 1. The predicted molar refractivity (Wildman–Crippen MR) is 69.2 cm³/mol. The van der Waals surface area contributed by atoms with Crippen LogP contribution < -0.4 is 5.32 Å². The third-order valence-corrected chi connectivity index (χ3v) is 2.60. The van der Waals surface area contributed by atoms with Crippen LogP contribution >= 0.6 is 11.6 Å². The molecule has 1 heterocycles. The number of hydrogen-bond acceptors (Lipinski definition) is 4. The molecular weight excluding hydrogens is 272 g/mol. The fourth-order valence-corrected chi connectivity index (χ4v) is 1.72. The number of carbonyl (C=O) groups is 2. The highest BCUT2D eigenvalue weighted by Crippen LogP contribution is 2.12. The molecule has 1 amide bonds. The van der Waals surface area contributed by atoms with E-state index in [1.54, 1.807) is 6.07 Å². The summed E-state index contributed by atoms with van der Waals surface area (Å²) >= 11 is 5.81. The molecule has 0 bridgehead atoms. The molecule has 1 aromatic heterocycles. The summed E-state index contributed by atoms with van der Waals surface area (Å²) in [4.78, 5) is 26.6. The number of aryl methyl sites for hydroxylation is 1. The lowest BCUT2D eigenvalue weighted by Gasteiger charge is -2.12. The lowest BCUT2D eigenvalue weighted by molar-refractivity contribution is -0.140. The highest BCUT2D eigenvalue weighted by molar-refractivity contribution is 6.29. The van der Waals surface area contributed by atoms with Gasteiger partial charge in [-0.3, -0.25) is 4.79 Å². The van der Waals surface area contributed by atoms with Gasteiger partial charge in [-0.25, -0.2) is 9.78 Å². The molecular formula is C12H15ClN2O4. The quantitative estimate of drug-likeness (QED) is 0.674. The van der Waals surface area contributed by atoms with Crippen LogP contribution in [-0.2, 0) is 11.2 Å². The van der Waals surface area contributed by atoms with E-state index in [2.05, 4.69) is 10.3 Å². The number of carboxylic acids is 1. The van der Waals surface area contributed by atoms with E-state index in [9.17, 15) is 9.59 Å². The molecule has 0 radical (unpaired) electrons. The van der Waals surface area contributed by atoms with Gasteiger partial charge in [-0.15, -0.1) is 0 Å². The first-order valence-electron chi connectivity index (χ1n) is 5.79. The molecule has 1 rings (SSSR count). The number of halogens is 1. The van der Waals surface area contributed by atoms with Crippen molar-refractivity contribution in [2.75, 3.05) is 6.61 Å². The number of aliphatic carboxylic acids is 1. The van der Waals surface area contributed by atoms with E-state index in [0.29, 0.717) is 12.1 Å². The minimum absolute atomic E-state index is 0.173. The zero-order valence-corrected chi connectivity index (χ0v) is 11.1. The number of pyridine rings is 1. The Labute approximate surface area is 115 Å². The summed E-state index contributed by atoms with van der Waals surface area (Å²) in [6, 6.07) is 1.57. The van der Waals surface area contributed by atoms with Crippen molar-refractivity contribution >= 4 is 23.5 Å². The number of hydrogen-bond donors (Lipinski definition) is 3. The molecule has 0 spiro atoms. The molecule has 19 heavy (non-hydrogen) atoms. The lowest BCUT2D eigenvalue weighted by atomic mass is 10.1. The zero-order valence-electron chi connectivity index (χ0n) is 10.4. The van der Waals surface area contributed by atoms with Gasteiger partial charge < -0.3 is 15.5 Å². The van der Waals surface area contributed by atoms with Crippen LogP contribution in [0.1, 0.15) is 29.4 Å². The average Bonchev–Trinajstić information content (AvgIpc) is 2.34. The van der Waals surface area contributed by atoms with Crippen LogP contribution in [0.15, 0.2) is 12.1 Å². The Kier molecular flexibility index (Phi) is 5.72. The Hall–Kier alpha value is -1.66. The normalized spacial score (nSPS) is 11.9. The number of amides is 1. The number of rotatable bonds is 6. The minimum atomic E-state index is -1.34. The van der Waals surface area contributed by atoms with Gasteiger partial charge in [0.15, 0.2) is 6.04 Å². The number of aliphatic hydroxyl groups excluding tert-OH is 1. The van der Waals surface area contributed by atoms with Crippen molar-refractivity contribution < 1.29 is 19.8 Å². The van der Waals surface area contributed by atoms with Crippen LogP contribution in [0.4, 0.5) is 0 Å². The van der Waals surface area contributed by atoms with E-state index in [1.807, 2.05) is 6.92 Å². The topological polar surface area (TPSA) is 99.5 Å². The van der Waals surface area contributed by atoms with Gasteiger partial charge in [-0.05, 0) is 18.6 Å². The molecule has 0 aromatic carbocycles. The second-order valence-corrected chi connectivity index (χ2v) is 4.35. The highest BCUT2D eigenvalue weighted by atomic mass is 35.5. The third kappa shape index (κ3) is 4.50. The zero-order chi connectivity index (χ0) is 14.4. The largest absolute Gasteiger partial charge is 0.480 e. The van der Waals surface area contributed by atoms with E-state index in [0.717, 1.165) is 6.42 Å². The van der Waals surface area contributed by atoms with Gasteiger partial charge in [-0.2, -0.15) is 0 Å². The van der Waals surface area contributed by atoms with Crippen molar-refractivity contribution in [3.05, 3.63) is 28.5 Å². The number of carboxylic acid groups (broad SMARTS) is 1. The van der Waals surface area contributed by atoms with Gasteiger partial charge in [0, 0.05) is 11.3 Å². The summed E-state index contributed by atoms with van der Waals surface area (Å²) in [5.74, 6) is -1.91. The molecule has 0 aliphatic carbocycles. The standard InChI is InChI=1S/C12H15ClN2O4/c1-2-3-8-4-7(5-10(13)14-8)11(17)15-9(6-16)12(18)19/h4-5,9,16H,2-3,6H2,1H3,(H,15,17)(H,18,19)/t9-/m0/s1. The molecule has 1 atom stereocenters. The highest BCUT2D eigenvalue weighted by Gasteiger charge is 2.20. The van der Waals surface area contributed by atoms with Crippen molar-refractivity contribution in [3.8, 4) is 0 Å². The summed E-state index contributed by atoms with van der Waals surface area (Å²) in [7, 11) is 0. The molecule has 0 saturated heterocycles. The summed E-state index contributed by atoms with van der Waals surface area (Å²) in [6.07, 6.45) is 1.52. The fourth-order valence-electron chi connectivity index (χ4n) is 1.49. The second-order valence-electron chi connectivity index (χ2n) is 3.97. The van der Waals surface area contributed by atoms with Crippen LogP contribution in [0.2, 0.25) is 5.15 Å². The first kappa shape index (κ1) is 15.4. The Morgan fingerprint density at radius 3 is 2.68 bits per heavy atom. The van der Waals surface area contributed by atoms with Crippen LogP contribution in [0.3, 0.4) is 0 Å². The van der Waals surface area contributed by atoms with Crippen molar-refractivity contribution in [2.45, 2.75) is 25.8 Å².